The average molecular weight is 448 g/mol. The number of thiophene rings is 1. The van der Waals surface area contributed by atoms with Crippen LogP contribution in [0.2, 0.25) is 0 Å². The number of rotatable bonds is 6. The van der Waals surface area contributed by atoms with Crippen LogP contribution in [0.15, 0.2) is 65.6 Å². The number of hydrogen-bond donors (Lipinski definition) is 1. The molecule has 1 saturated heterocycles. The second kappa shape index (κ2) is 9.01. The number of nitrogens with zero attached hydrogens (tertiary/aromatic N) is 1. The van der Waals surface area contributed by atoms with Crippen molar-refractivity contribution in [2.45, 2.75) is 33.2 Å². The second-order valence-electron chi connectivity index (χ2n) is 7.80. The Morgan fingerprint density at radius 2 is 1.75 bits per heavy atom. The molecule has 0 saturated carbocycles. The molecule has 1 amide bonds. The van der Waals surface area contributed by atoms with E-state index in [1.807, 2.05) is 56.5 Å². The molecule has 164 valence electrons. The van der Waals surface area contributed by atoms with E-state index in [4.69, 9.17) is 4.74 Å². The number of carbonyl (C=O) groups is 2. The van der Waals surface area contributed by atoms with Crippen LogP contribution in [0.5, 0.6) is 5.75 Å². The van der Waals surface area contributed by atoms with Crippen molar-refractivity contribution in [3.63, 3.8) is 0 Å². The Morgan fingerprint density at radius 1 is 1.03 bits per heavy atom. The maximum Gasteiger partial charge on any atom is 0.300 e. The lowest BCUT2D eigenvalue weighted by Crippen LogP contribution is -2.30. The Kier molecular flexibility index (Phi) is 6.15. The van der Waals surface area contributed by atoms with E-state index in [2.05, 4.69) is 0 Å². The van der Waals surface area contributed by atoms with E-state index in [0.29, 0.717) is 23.6 Å². The summed E-state index contributed by atoms with van der Waals surface area (Å²) < 4.78 is 5.61. The molecule has 1 fully saturated rings. The molecule has 1 aromatic heterocycles. The third kappa shape index (κ3) is 3.82. The summed E-state index contributed by atoms with van der Waals surface area (Å²) in [6.07, 6.45) is 0.893. The molecule has 0 bridgehead atoms. The largest absolute Gasteiger partial charge is 0.507 e. The maximum atomic E-state index is 13.2. The van der Waals surface area contributed by atoms with Crippen LogP contribution in [0.4, 0.5) is 5.69 Å². The fourth-order valence-electron chi connectivity index (χ4n) is 3.91. The molecule has 4 rings (SSSR count). The quantitative estimate of drug-likeness (QED) is 0.295. The van der Waals surface area contributed by atoms with E-state index in [9.17, 15) is 14.7 Å². The number of ether oxygens (including phenoxy) is 1. The van der Waals surface area contributed by atoms with Gasteiger partial charge in [-0.2, -0.15) is 0 Å². The van der Waals surface area contributed by atoms with Gasteiger partial charge in [0, 0.05) is 16.1 Å². The van der Waals surface area contributed by atoms with Gasteiger partial charge in [0.15, 0.2) is 0 Å². The first-order valence-electron chi connectivity index (χ1n) is 10.6. The molecule has 3 aromatic rings. The van der Waals surface area contributed by atoms with Crippen LogP contribution in [0, 0.1) is 13.8 Å². The summed E-state index contributed by atoms with van der Waals surface area (Å²) in [7, 11) is 0. The number of ketones is 1. The first-order chi connectivity index (χ1) is 15.4. The molecule has 6 heteroatoms. The lowest BCUT2D eigenvalue weighted by molar-refractivity contribution is -0.132. The topological polar surface area (TPSA) is 66.8 Å². The fraction of sp³-hybridized carbons (Fsp3) is 0.231. The SMILES string of the molecule is CCCOc1ccc(/C(O)=C2/C(=O)C(=O)N(c3ccccc3C)C2c2sccc2C)cc1. The molecular formula is C26H25NO4S. The van der Waals surface area contributed by atoms with E-state index in [1.165, 1.54) is 16.2 Å². The Morgan fingerprint density at radius 3 is 2.38 bits per heavy atom. The van der Waals surface area contributed by atoms with Gasteiger partial charge in [0.25, 0.3) is 11.7 Å². The van der Waals surface area contributed by atoms with Crippen molar-refractivity contribution in [1.29, 1.82) is 0 Å². The number of para-hydroxylation sites is 1. The summed E-state index contributed by atoms with van der Waals surface area (Å²) in [4.78, 5) is 28.8. The highest BCUT2D eigenvalue weighted by Crippen LogP contribution is 2.45. The number of Topliss-reactive ketones (excluding diaryl/α,β-unsaturated/α-hetero) is 1. The first-order valence-corrected chi connectivity index (χ1v) is 11.5. The summed E-state index contributed by atoms with van der Waals surface area (Å²) in [5.41, 5.74) is 3.08. The average Bonchev–Trinajstić information content (AvgIpc) is 3.33. The molecule has 0 radical (unpaired) electrons. The molecule has 1 aliphatic rings. The minimum Gasteiger partial charge on any atom is -0.507 e. The number of anilines is 1. The van der Waals surface area contributed by atoms with Crippen LogP contribution in [0.25, 0.3) is 5.76 Å². The van der Waals surface area contributed by atoms with Crippen molar-refractivity contribution < 1.29 is 19.4 Å². The van der Waals surface area contributed by atoms with Crippen molar-refractivity contribution >= 4 is 34.5 Å². The van der Waals surface area contributed by atoms with Crippen LogP contribution in [0.3, 0.4) is 0 Å². The van der Waals surface area contributed by atoms with Gasteiger partial charge >= 0.3 is 0 Å². The molecule has 0 spiro atoms. The van der Waals surface area contributed by atoms with Gasteiger partial charge in [-0.05, 0) is 73.2 Å². The maximum absolute atomic E-state index is 13.2. The summed E-state index contributed by atoms with van der Waals surface area (Å²) in [5.74, 6) is -0.815. The van der Waals surface area contributed by atoms with Crippen molar-refractivity contribution in [1.82, 2.24) is 0 Å². The lowest BCUT2D eigenvalue weighted by atomic mass is 9.98. The highest BCUT2D eigenvalue weighted by atomic mass is 32.1. The summed E-state index contributed by atoms with van der Waals surface area (Å²) in [6.45, 7) is 6.48. The van der Waals surface area contributed by atoms with Crippen molar-refractivity contribution in [2.24, 2.45) is 0 Å². The minimum absolute atomic E-state index is 0.103. The highest BCUT2D eigenvalue weighted by Gasteiger charge is 2.48. The number of aliphatic hydroxyl groups is 1. The Balaban J connectivity index is 1.86. The van der Waals surface area contributed by atoms with E-state index >= 15 is 0 Å². The zero-order chi connectivity index (χ0) is 22.8. The fourth-order valence-corrected chi connectivity index (χ4v) is 4.94. The Hall–Kier alpha value is -3.38. The molecule has 1 aliphatic heterocycles. The molecule has 1 N–H and O–H groups in total. The number of benzene rings is 2. The van der Waals surface area contributed by atoms with Crippen molar-refractivity contribution in [3.05, 3.63) is 87.1 Å². The number of amides is 1. The van der Waals surface area contributed by atoms with E-state index in [-0.39, 0.29) is 11.3 Å². The number of hydrogen-bond acceptors (Lipinski definition) is 5. The van der Waals surface area contributed by atoms with Gasteiger partial charge in [0.05, 0.1) is 12.2 Å². The monoisotopic (exact) mass is 447 g/mol. The van der Waals surface area contributed by atoms with E-state index in [0.717, 1.165) is 22.4 Å². The molecule has 0 aliphatic carbocycles. The van der Waals surface area contributed by atoms with Gasteiger partial charge in [-0.3, -0.25) is 14.5 Å². The standard InChI is InChI=1S/C26H25NO4S/c1-4-14-31-19-11-9-18(10-12-19)23(28)21-22(25-17(3)13-15-32-25)27(26(30)24(21)29)20-8-6-5-7-16(20)2/h5-13,15,22,28H,4,14H2,1-3H3/b23-21-. The van der Waals surface area contributed by atoms with Crippen LogP contribution in [-0.4, -0.2) is 23.4 Å². The molecular weight excluding hydrogens is 422 g/mol. The Labute approximate surface area is 191 Å². The van der Waals surface area contributed by atoms with Crippen molar-refractivity contribution in [3.8, 4) is 5.75 Å². The van der Waals surface area contributed by atoms with Gasteiger partial charge in [-0.1, -0.05) is 25.1 Å². The van der Waals surface area contributed by atoms with Gasteiger partial charge in [-0.15, -0.1) is 11.3 Å². The van der Waals surface area contributed by atoms with Crippen LogP contribution >= 0.6 is 11.3 Å². The normalized spacial score (nSPS) is 17.7. The van der Waals surface area contributed by atoms with Gasteiger partial charge < -0.3 is 9.84 Å². The number of aryl methyl sites for hydroxylation is 2. The number of aliphatic hydroxyl groups excluding tert-OH is 1. The van der Waals surface area contributed by atoms with E-state index in [1.54, 1.807) is 24.3 Å². The van der Waals surface area contributed by atoms with Crippen molar-refractivity contribution in [2.75, 3.05) is 11.5 Å². The zero-order valence-electron chi connectivity index (χ0n) is 18.3. The molecule has 2 heterocycles. The number of carbonyl (C=O) groups excluding carboxylic acids is 2. The molecule has 5 nitrogen and oxygen atoms in total. The minimum atomic E-state index is -0.688. The lowest BCUT2D eigenvalue weighted by Gasteiger charge is -2.26. The third-order valence-corrected chi connectivity index (χ3v) is 6.64. The van der Waals surface area contributed by atoms with E-state index < -0.39 is 17.7 Å². The summed E-state index contributed by atoms with van der Waals surface area (Å²) in [6, 6.07) is 15.7. The van der Waals surface area contributed by atoms with Gasteiger partial charge in [-0.25, -0.2) is 0 Å². The molecule has 2 aromatic carbocycles. The Bertz CT molecular complexity index is 1190. The summed E-state index contributed by atoms with van der Waals surface area (Å²) in [5, 5.41) is 13.1. The second-order valence-corrected chi connectivity index (χ2v) is 8.74. The van der Waals surface area contributed by atoms with Crippen LogP contribution in [0.1, 0.15) is 41.0 Å². The highest BCUT2D eigenvalue weighted by molar-refractivity contribution is 7.10. The molecule has 1 atom stereocenters. The summed E-state index contributed by atoms with van der Waals surface area (Å²) >= 11 is 1.47. The molecule has 1 unspecified atom stereocenters. The predicted octanol–water partition coefficient (Wildman–Crippen LogP) is 5.78. The van der Waals surface area contributed by atoms with Crippen LogP contribution in [-0.2, 0) is 9.59 Å². The first kappa shape index (κ1) is 21.8. The van der Waals surface area contributed by atoms with Crippen LogP contribution < -0.4 is 9.64 Å². The molecule has 32 heavy (non-hydrogen) atoms. The zero-order valence-corrected chi connectivity index (χ0v) is 19.1. The van der Waals surface area contributed by atoms with Gasteiger partial charge in [0.2, 0.25) is 0 Å². The predicted molar refractivity (Wildman–Crippen MR) is 127 cm³/mol. The smallest absolute Gasteiger partial charge is 0.300 e. The third-order valence-electron chi connectivity index (χ3n) is 5.57. The van der Waals surface area contributed by atoms with Gasteiger partial charge in [0.1, 0.15) is 17.6 Å².